The Balaban J connectivity index is 0.000000211. The third-order valence-corrected chi connectivity index (χ3v) is 7.79. The molecule has 1 N–H and O–H groups in total. The van der Waals surface area contributed by atoms with Gasteiger partial charge in [-0.05, 0) is 36.6 Å². The molecule has 3 saturated heterocycles. The average molecular weight is 584 g/mol. The fourth-order valence-electron chi connectivity index (χ4n) is 5.20. The van der Waals surface area contributed by atoms with Crippen LogP contribution in [0.3, 0.4) is 0 Å². The van der Waals surface area contributed by atoms with Gasteiger partial charge in [0.2, 0.25) is 5.78 Å². The van der Waals surface area contributed by atoms with Crippen molar-refractivity contribution in [3.63, 3.8) is 0 Å². The largest absolute Gasteiger partial charge is 1.00 e. The molecule has 0 radical (unpaired) electrons. The summed E-state index contributed by atoms with van der Waals surface area (Å²) in [6, 6.07) is 28.1. The maximum absolute atomic E-state index is 12.5. The van der Waals surface area contributed by atoms with Crippen molar-refractivity contribution in [2.45, 2.75) is 30.8 Å². The van der Waals surface area contributed by atoms with Gasteiger partial charge >= 0.3 is 5.97 Å². The number of para-hydroxylation sites is 1. The van der Waals surface area contributed by atoms with E-state index in [0.29, 0.717) is 12.5 Å². The van der Waals surface area contributed by atoms with Gasteiger partial charge in [0.25, 0.3) is 0 Å². The van der Waals surface area contributed by atoms with Crippen LogP contribution in [-0.2, 0) is 9.53 Å². The Labute approximate surface area is 235 Å². The van der Waals surface area contributed by atoms with Crippen LogP contribution in [0.5, 0.6) is 0 Å². The lowest BCUT2D eigenvalue weighted by molar-refractivity contribution is -0.938. The number of hydrogen-bond donors (Lipinski definition) is 1. The van der Waals surface area contributed by atoms with Crippen LogP contribution >= 0.6 is 11.8 Å². The zero-order valence-corrected chi connectivity index (χ0v) is 23.8. The third kappa shape index (κ3) is 8.19. The number of rotatable bonds is 7. The number of nitrogens with zero attached hydrogens (tertiary/aromatic N) is 1. The first-order valence-electron chi connectivity index (χ1n) is 12.5. The van der Waals surface area contributed by atoms with Crippen LogP contribution in [0.4, 0.5) is 11.4 Å². The molecule has 37 heavy (non-hydrogen) atoms. The summed E-state index contributed by atoms with van der Waals surface area (Å²) in [5.41, 5.74) is 3.03. The highest BCUT2D eigenvalue weighted by Crippen LogP contribution is 2.35. The molecule has 196 valence electrons. The molecule has 0 spiro atoms. The van der Waals surface area contributed by atoms with Crippen molar-refractivity contribution in [1.82, 2.24) is 0 Å². The zero-order valence-electron chi connectivity index (χ0n) is 21.4. The predicted octanol–water partition coefficient (Wildman–Crippen LogP) is 3.20. The number of Topliss-reactive ketones (excluding diaryl/α,β-unsaturated/α-hetero) is 1. The van der Waals surface area contributed by atoms with Gasteiger partial charge in [0.15, 0.2) is 6.10 Å². The van der Waals surface area contributed by atoms with Gasteiger partial charge in [-0.1, -0.05) is 54.6 Å². The normalized spacial score (nSPS) is 21.6. The van der Waals surface area contributed by atoms with E-state index in [1.165, 1.54) is 11.8 Å². The van der Waals surface area contributed by atoms with Crippen molar-refractivity contribution in [1.29, 1.82) is 0 Å². The summed E-state index contributed by atoms with van der Waals surface area (Å²) < 4.78 is 6.25. The molecule has 7 heteroatoms. The molecule has 2 bridgehead atoms. The maximum atomic E-state index is 12.5. The van der Waals surface area contributed by atoms with E-state index < -0.39 is 0 Å². The van der Waals surface area contributed by atoms with Crippen molar-refractivity contribution in [3.8, 4) is 0 Å². The first kappa shape index (κ1) is 29.0. The van der Waals surface area contributed by atoms with Gasteiger partial charge in [-0.15, -0.1) is 11.8 Å². The number of anilines is 2. The van der Waals surface area contributed by atoms with E-state index in [-0.39, 0.29) is 34.8 Å². The van der Waals surface area contributed by atoms with Crippen LogP contribution in [-0.4, -0.2) is 54.8 Å². The second-order valence-corrected chi connectivity index (χ2v) is 10.5. The summed E-state index contributed by atoms with van der Waals surface area (Å²) in [6.45, 7) is 4.84. The lowest BCUT2D eigenvalue weighted by atomic mass is 9.83. The number of benzene rings is 3. The molecule has 0 saturated carbocycles. The van der Waals surface area contributed by atoms with Crippen molar-refractivity contribution >= 4 is 34.9 Å². The quantitative estimate of drug-likeness (QED) is 0.201. The maximum Gasteiger partial charge on any atom is 0.303 e. The van der Waals surface area contributed by atoms with Gasteiger partial charge in [0.05, 0.1) is 13.1 Å². The monoisotopic (exact) mass is 582 g/mol. The lowest BCUT2D eigenvalue weighted by Crippen LogP contribution is -3.00. The van der Waals surface area contributed by atoms with Crippen LogP contribution in [0.2, 0.25) is 0 Å². The Morgan fingerprint density at radius 1 is 0.919 bits per heavy atom. The number of halogens is 1. The highest BCUT2D eigenvalue weighted by Gasteiger charge is 2.48. The van der Waals surface area contributed by atoms with E-state index in [4.69, 9.17) is 4.74 Å². The molecule has 3 aliphatic heterocycles. The topological polar surface area (TPSA) is 55.4 Å². The summed E-state index contributed by atoms with van der Waals surface area (Å²) in [4.78, 5) is 25.0. The van der Waals surface area contributed by atoms with Gasteiger partial charge in [-0.3, -0.25) is 9.59 Å². The number of hydrogen-bond acceptors (Lipinski definition) is 5. The molecule has 0 aliphatic carbocycles. The highest BCUT2D eigenvalue weighted by molar-refractivity contribution is 7.98. The smallest absolute Gasteiger partial charge is 0.303 e. The predicted molar refractivity (Wildman–Crippen MR) is 147 cm³/mol. The van der Waals surface area contributed by atoms with E-state index in [1.54, 1.807) is 11.8 Å². The van der Waals surface area contributed by atoms with Gasteiger partial charge in [-0.25, -0.2) is 0 Å². The number of nitrogens with one attached hydrogen (secondary N) is 1. The van der Waals surface area contributed by atoms with Crippen molar-refractivity contribution in [2.75, 3.05) is 37.8 Å². The van der Waals surface area contributed by atoms with Gasteiger partial charge in [0, 0.05) is 47.5 Å². The minimum atomic E-state index is -0.207. The first-order valence-corrected chi connectivity index (χ1v) is 13.8. The number of ether oxygens (including phenoxy) is 1. The molecule has 0 amide bonds. The van der Waals surface area contributed by atoms with Gasteiger partial charge in [0.1, 0.15) is 13.1 Å². The Morgan fingerprint density at radius 3 is 2.16 bits per heavy atom. The minimum Gasteiger partial charge on any atom is -1.00 e. The molecule has 5 nitrogen and oxygen atoms in total. The van der Waals surface area contributed by atoms with Crippen molar-refractivity contribution < 1.29 is 35.8 Å². The second-order valence-electron chi connectivity index (χ2n) is 9.63. The van der Waals surface area contributed by atoms with Crippen LogP contribution in [0.25, 0.3) is 0 Å². The van der Waals surface area contributed by atoms with Crippen LogP contribution in [0.15, 0.2) is 89.8 Å². The molecular weight excluding hydrogens is 548 g/mol. The second kappa shape index (κ2) is 13.8. The number of quaternary nitrogens is 1. The summed E-state index contributed by atoms with van der Waals surface area (Å²) >= 11 is 1.75. The van der Waals surface area contributed by atoms with Crippen molar-refractivity contribution in [2.24, 2.45) is 5.92 Å². The molecule has 1 unspecified atom stereocenters. The number of carbonyl (C=O) groups excluding carboxylic acids is 2. The molecule has 6 rings (SSSR count). The number of thioether (sulfide) groups is 1. The Morgan fingerprint density at radius 2 is 1.54 bits per heavy atom. The molecule has 3 aromatic rings. The molecule has 0 aromatic heterocycles. The fraction of sp³-hybridized carbons (Fsp3) is 0.333. The van der Waals surface area contributed by atoms with Crippen LogP contribution in [0.1, 0.15) is 30.1 Å². The molecule has 3 aromatic carbocycles. The van der Waals surface area contributed by atoms with Crippen LogP contribution < -0.4 is 22.3 Å². The Bertz CT molecular complexity index is 1150. The molecular formula is C30H35BrN2O3S. The summed E-state index contributed by atoms with van der Waals surface area (Å²) in [5, 5.41) is 3.37. The molecule has 3 fully saturated rings. The van der Waals surface area contributed by atoms with E-state index in [2.05, 4.69) is 48.0 Å². The number of carbonyl (C=O) groups is 2. The summed E-state index contributed by atoms with van der Waals surface area (Å²) in [5.74, 6) is 0.472. The molecule has 3 heterocycles. The van der Waals surface area contributed by atoms with E-state index >= 15 is 0 Å². The Hall–Kier alpha value is -2.61. The molecule has 1 atom stereocenters. The average Bonchev–Trinajstić information content (AvgIpc) is 2.90. The lowest BCUT2D eigenvalue weighted by Gasteiger charge is -2.51. The van der Waals surface area contributed by atoms with E-state index in [0.717, 1.165) is 53.9 Å². The van der Waals surface area contributed by atoms with Crippen LogP contribution in [0, 0.1) is 5.92 Å². The molecule has 3 aliphatic rings. The Kier molecular flexibility index (Phi) is 10.8. The standard InChI is InChI=1S/C17H22NO3.C13H13NS.BrH/c1-13(19)21-17-12-18(9-7-15(17)8-10-18)11-16(20)14-5-3-2-4-6-14;1-15-13-9-5-8-12(10-13)14-11-6-3-2-4-7-11;/h2-6,15,17H,7-12H2,1H3;2-10,14H,1H3;1H/q+1;;/p-1. The van der Waals surface area contributed by atoms with Crippen molar-refractivity contribution in [3.05, 3.63) is 90.5 Å². The number of piperidine rings is 3. The number of fused-ring (bicyclic) bond motifs is 3. The van der Waals surface area contributed by atoms with E-state index in [1.807, 2.05) is 48.5 Å². The van der Waals surface area contributed by atoms with E-state index in [9.17, 15) is 9.59 Å². The van der Waals surface area contributed by atoms with Gasteiger partial charge < -0.3 is 31.5 Å². The zero-order chi connectivity index (χ0) is 25.4. The summed E-state index contributed by atoms with van der Waals surface area (Å²) in [6.07, 6.45) is 4.19. The van der Waals surface area contributed by atoms with Gasteiger partial charge in [-0.2, -0.15) is 0 Å². The third-order valence-electron chi connectivity index (χ3n) is 7.07. The SMILES string of the molecule is CC(=O)OC1C[N+]2(CC(=O)c3ccccc3)CCC1CC2.CSc1cccc(Nc2ccccc2)c1.[Br-]. The minimum absolute atomic E-state index is 0. The first-order chi connectivity index (χ1) is 17.5. The number of esters is 1. The summed E-state index contributed by atoms with van der Waals surface area (Å²) in [7, 11) is 0. The fourth-order valence-corrected chi connectivity index (χ4v) is 5.66. The number of ketones is 1. The highest BCUT2D eigenvalue weighted by atomic mass is 79.9.